The van der Waals surface area contributed by atoms with E-state index in [4.69, 9.17) is 0 Å². The molecule has 0 fully saturated rings. The Balaban J connectivity index is 2.44. The number of hydrogen-bond donors (Lipinski definition) is 0. The van der Waals surface area contributed by atoms with Crippen LogP contribution in [-0.4, -0.2) is 0 Å². The van der Waals surface area contributed by atoms with Gasteiger partial charge in [-0.3, -0.25) is 0 Å². The summed E-state index contributed by atoms with van der Waals surface area (Å²) < 4.78 is 37.9. The highest BCUT2D eigenvalue weighted by molar-refractivity contribution is 5.38. The number of alkyl halides is 3. The van der Waals surface area contributed by atoms with Crippen molar-refractivity contribution in [3.8, 4) is 0 Å². The van der Waals surface area contributed by atoms with Crippen molar-refractivity contribution in [3.63, 3.8) is 0 Å². The second-order valence-electron chi connectivity index (χ2n) is 5.86. The molecule has 0 heterocycles. The van der Waals surface area contributed by atoms with Gasteiger partial charge in [-0.05, 0) is 47.4 Å². The molecule has 1 aromatic rings. The predicted octanol–water partition coefficient (Wildman–Crippen LogP) is 4.78. The second kappa shape index (κ2) is 3.76. The molecular weight excluding hydrogens is 225 g/mol. The number of hydrogen-bond acceptors (Lipinski definition) is 0. The molecule has 1 aliphatic carbocycles. The Hall–Kier alpha value is -0.990. The van der Waals surface area contributed by atoms with Gasteiger partial charge in [-0.1, -0.05) is 26.8 Å². The van der Waals surface area contributed by atoms with Crippen LogP contribution in [0.2, 0.25) is 0 Å². The molecule has 0 radical (unpaired) electrons. The summed E-state index contributed by atoms with van der Waals surface area (Å²) in [5.41, 5.74) is 1.61. The second-order valence-corrected chi connectivity index (χ2v) is 5.86. The molecule has 0 saturated carbocycles. The van der Waals surface area contributed by atoms with Crippen LogP contribution in [0.15, 0.2) is 18.2 Å². The standard InChI is InChI=1S/C14H17F3/c1-9-7-13(2,3)8-10-4-5-11(6-12(9)10)14(15,16)17/h4-6,9H,7-8H2,1-3H3. The zero-order valence-electron chi connectivity index (χ0n) is 10.4. The first-order chi connectivity index (χ1) is 7.69. The molecule has 1 unspecified atom stereocenters. The molecule has 0 N–H and O–H groups in total. The van der Waals surface area contributed by atoms with Gasteiger partial charge in [0.1, 0.15) is 0 Å². The molecule has 2 rings (SSSR count). The van der Waals surface area contributed by atoms with Crippen LogP contribution in [0, 0.1) is 5.41 Å². The maximum absolute atomic E-state index is 12.6. The number of fused-ring (bicyclic) bond motifs is 1. The van der Waals surface area contributed by atoms with Crippen LogP contribution in [0.5, 0.6) is 0 Å². The van der Waals surface area contributed by atoms with Gasteiger partial charge in [0.15, 0.2) is 0 Å². The van der Waals surface area contributed by atoms with E-state index in [1.807, 2.05) is 6.92 Å². The third kappa shape index (κ3) is 2.48. The fraction of sp³-hybridized carbons (Fsp3) is 0.571. The Labute approximate surface area is 99.8 Å². The maximum Gasteiger partial charge on any atom is 0.416 e. The van der Waals surface area contributed by atoms with Crippen molar-refractivity contribution >= 4 is 0 Å². The summed E-state index contributed by atoms with van der Waals surface area (Å²) in [5.74, 6) is 0.205. The first-order valence-corrected chi connectivity index (χ1v) is 5.89. The Morgan fingerprint density at radius 1 is 1.24 bits per heavy atom. The van der Waals surface area contributed by atoms with Gasteiger partial charge in [0.2, 0.25) is 0 Å². The van der Waals surface area contributed by atoms with Crippen LogP contribution in [0.25, 0.3) is 0 Å². The van der Waals surface area contributed by atoms with Gasteiger partial charge in [0.05, 0.1) is 5.56 Å². The number of rotatable bonds is 0. The molecule has 1 aliphatic rings. The smallest absolute Gasteiger partial charge is 0.166 e. The highest BCUT2D eigenvalue weighted by Gasteiger charge is 2.34. The minimum atomic E-state index is -4.23. The molecule has 1 aromatic carbocycles. The number of halogens is 3. The first kappa shape index (κ1) is 12.5. The molecule has 0 aliphatic heterocycles. The lowest BCUT2D eigenvalue weighted by Gasteiger charge is -2.35. The molecule has 1 atom stereocenters. The van der Waals surface area contributed by atoms with E-state index in [0.717, 1.165) is 24.0 Å². The Kier molecular flexibility index (Phi) is 2.75. The predicted molar refractivity (Wildman–Crippen MR) is 62.0 cm³/mol. The monoisotopic (exact) mass is 242 g/mol. The van der Waals surface area contributed by atoms with Gasteiger partial charge < -0.3 is 0 Å². The summed E-state index contributed by atoms with van der Waals surface area (Å²) in [4.78, 5) is 0. The first-order valence-electron chi connectivity index (χ1n) is 5.89. The Bertz CT molecular complexity index is 430. The van der Waals surface area contributed by atoms with Gasteiger partial charge >= 0.3 is 6.18 Å². The Morgan fingerprint density at radius 2 is 1.88 bits per heavy atom. The van der Waals surface area contributed by atoms with Crippen molar-refractivity contribution in [1.82, 2.24) is 0 Å². The average Bonchev–Trinajstić information content (AvgIpc) is 2.13. The van der Waals surface area contributed by atoms with Gasteiger partial charge in [-0.15, -0.1) is 0 Å². The summed E-state index contributed by atoms with van der Waals surface area (Å²) >= 11 is 0. The van der Waals surface area contributed by atoms with Crippen LogP contribution < -0.4 is 0 Å². The third-order valence-corrected chi connectivity index (χ3v) is 3.53. The van der Waals surface area contributed by atoms with Crippen LogP contribution in [-0.2, 0) is 12.6 Å². The summed E-state index contributed by atoms with van der Waals surface area (Å²) in [6, 6.07) is 4.18. The fourth-order valence-corrected chi connectivity index (χ4v) is 2.92. The van der Waals surface area contributed by atoms with Crippen LogP contribution in [0.3, 0.4) is 0 Å². The van der Waals surface area contributed by atoms with E-state index in [1.54, 1.807) is 6.07 Å². The van der Waals surface area contributed by atoms with Crippen LogP contribution >= 0.6 is 0 Å². The molecule has 17 heavy (non-hydrogen) atoms. The van der Waals surface area contributed by atoms with Crippen LogP contribution in [0.4, 0.5) is 13.2 Å². The summed E-state index contributed by atoms with van der Waals surface area (Å²) in [5, 5.41) is 0. The molecule has 0 saturated heterocycles. The minimum absolute atomic E-state index is 0.187. The van der Waals surface area contributed by atoms with E-state index in [1.165, 1.54) is 12.1 Å². The molecule has 3 heteroatoms. The van der Waals surface area contributed by atoms with Crippen molar-refractivity contribution in [2.75, 3.05) is 0 Å². The SMILES string of the molecule is CC1CC(C)(C)Cc2ccc(C(F)(F)F)cc21. The highest BCUT2D eigenvalue weighted by Crippen LogP contribution is 2.43. The molecule has 94 valence electrons. The summed E-state index contributed by atoms with van der Waals surface area (Å²) in [6.07, 6.45) is -2.42. The highest BCUT2D eigenvalue weighted by atomic mass is 19.4. The van der Waals surface area contributed by atoms with Gasteiger partial charge in [0.25, 0.3) is 0 Å². The normalized spacial score (nSPS) is 23.3. The van der Waals surface area contributed by atoms with Gasteiger partial charge in [0, 0.05) is 0 Å². The van der Waals surface area contributed by atoms with Crippen molar-refractivity contribution in [3.05, 3.63) is 34.9 Å². The third-order valence-electron chi connectivity index (χ3n) is 3.53. The lowest BCUT2D eigenvalue weighted by molar-refractivity contribution is -0.137. The molecule has 0 nitrogen and oxygen atoms in total. The molecule has 0 bridgehead atoms. The van der Waals surface area contributed by atoms with Crippen molar-refractivity contribution < 1.29 is 13.2 Å². The Morgan fingerprint density at radius 3 is 2.47 bits per heavy atom. The molecule has 0 spiro atoms. The minimum Gasteiger partial charge on any atom is -0.166 e. The lowest BCUT2D eigenvalue weighted by Crippen LogP contribution is -2.25. The fourth-order valence-electron chi connectivity index (χ4n) is 2.92. The van der Waals surface area contributed by atoms with Crippen LogP contribution in [0.1, 0.15) is 49.8 Å². The van der Waals surface area contributed by atoms with E-state index in [-0.39, 0.29) is 11.3 Å². The summed E-state index contributed by atoms with van der Waals surface area (Å²) in [6.45, 7) is 6.36. The largest absolute Gasteiger partial charge is 0.416 e. The molecular formula is C14H17F3. The molecule has 0 aromatic heterocycles. The van der Waals surface area contributed by atoms with Gasteiger partial charge in [-0.25, -0.2) is 0 Å². The van der Waals surface area contributed by atoms with Crippen molar-refractivity contribution in [2.24, 2.45) is 5.41 Å². The van der Waals surface area contributed by atoms with Crippen molar-refractivity contribution in [2.45, 2.75) is 45.7 Å². The van der Waals surface area contributed by atoms with Crippen molar-refractivity contribution in [1.29, 1.82) is 0 Å². The zero-order chi connectivity index (χ0) is 12.8. The lowest BCUT2D eigenvalue weighted by atomic mass is 9.69. The zero-order valence-corrected chi connectivity index (χ0v) is 10.4. The topological polar surface area (TPSA) is 0 Å². The quantitative estimate of drug-likeness (QED) is 0.614. The number of benzene rings is 1. The maximum atomic E-state index is 12.6. The van der Waals surface area contributed by atoms with E-state index in [2.05, 4.69) is 13.8 Å². The van der Waals surface area contributed by atoms with E-state index >= 15 is 0 Å². The summed E-state index contributed by atoms with van der Waals surface area (Å²) in [7, 11) is 0. The average molecular weight is 242 g/mol. The molecule has 0 amide bonds. The van der Waals surface area contributed by atoms with Gasteiger partial charge in [-0.2, -0.15) is 13.2 Å². The van der Waals surface area contributed by atoms with E-state index in [9.17, 15) is 13.2 Å². The van der Waals surface area contributed by atoms with E-state index < -0.39 is 11.7 Å². The van der Waals surface area contributed by atoms with E-state index in [0.29, 0.717) is 0 Å².